The maximum absolute atomic E-state index is 12.7. The molecule has 24 heavy (non-hydrogen) atoms. The van der Waals surface area contributed by atoms with Crippen LogP contribution in [0.15, 0.2) is 18.3 Å². The second-order valence-electron chi connectivity index (χ2n) is 6.06. The molecule has 0 radical (unpaired) electrons. The van der Waals surface area contributed by atoms with Gasteiger partial charge < -0.3 is 15.0 Å². The Balaban J connectivity index is 0.00000264. The van der Waals surface area contributed by atoms with E-state index in [0.717, 1.165) is 39.0 Å². The van der Waals surface area contributed by atoms with Gasteiger partial charge in [0.05, 0.1) is 6.10 Å². The first-order valence-corrected chi connectivity index (χ1v) is 8.23. The number of piperidine rings is 1. The topological polar surface area (TPSA) is 54.5 Å². The first-order valence-electron chi connectivity index (χ1n) is 8.23. The van der Waals surface area contributed by atoms with Crippen LogP contribution in [0.5, 0.6) is 5.75 Å². The van der Waals surface area contributed by atoms with Crippen LogP contribution < -0.4 is 10.1 Å². The van der Waals surface area contributed by atoms with Crippen LogP contribution >= 0.6 is 24.8 Å². The zero-order valence-corrected chi connectivity index (χ0v) is 16.3. The van der Waals surface area contributed by atoms with Gasteiger partial charge in [0.25, 0.3) is 5.91 Å². The van der Waals surface area contributed by atoms with Crippen molar-refractivity contribution in [2.45, 2.75) is 39.7 Å². The molecule has 0 saturated carbocycles. The second-order valence-corrected chi connectivity index (χ2v) is 6.06. The van der Waals surface area contributed by atoms with E-state index < -0.39 is 0 Å². The highest BCUT2D eigenvalue weighted by Crippen LogP contribution is 2.22. The lowest BCUT2D eigenvalue weighted by atomic mass is 9.96. The number of nitrogens with zero attached hydrogens (tertiary/aromatic N) is 2. The highest BCUT2D eigenvalue weighted by Gasteiger charge is 2.26. The van der Waals surface area contributed by atoms with Crippen molar-refractivity contribution >= 4 is 30.7 Å². The Morgan fingerprint density at radius 2 is 2.04 bits per heavy atom. The highest BCUT2D eigenvalue weighted by molar-refractivity contribution is 5.95. The van der Waals surface area contributed by atoms with Crippen LogP contribution in [0.1, 0.15) is 44.1 Å². The molecule has 2 heterocycles. The van der Waals surface area contributed by atoms with E-state index in [4.69, 9.17) is 4.74 Å². The molecule has 1 N–H and O–H groups in total. The van der Waals surface area contributed by atoms with E-state index in [2.05, 4.69) is 17.2 Å². The number of carbonyl (C=O) groups excluding carboxylic acids is 1. The molecule has 0 aliphatic carbocycles. The van der Waals surface area contributed by atoms with Crippen LogP contribution in [0.4, 0.5) is 0 Å². The van der Waals surface area contributed by atoms with Crippen molar-refractivity contribution in [2.75, 3.05) is 26.2 Å². The molecule has 0 bridgehead atoms. The van der Waals surface area contributed by atoms with Crippen molar-refractivity contribution in [3.63, 3.8) is 0 Å². The van der Waals surface area contributed by atoms with Gasteiger partial charge in [-0.2, -0.15) is 0 Å². The number of hydrogen-bond donors (Lipinski definition) is 1. The maximum Gasteiger partial charge on any atom is 0.276 e. The molecule has 1 aromatic heterocycles. The minimum atomic E-state index is -0.0156. The van der Waals surface area contributed by atoms with Crippen molar-refractivity contribution in [1.29, 1.82) is 0 Å². The van der Waals surface area contributed by atoms with Gasteiger partial charge in [-0.25, -0.2) is 4.98 Å². The lowest BCUT2D eigenvalue weighted by Crippen LogP contribution is -2.41. The van der Waals surface area contributed by atoms with Gasteiger partial charge in [-0.3, -0.25) is 4.79 Å². The molecule has 0 aromatic carbocycles. The Hall–Kier alpha value is -1.04. The van der Waals surface area contributed by atoms with E-state index >= 15 is 0 Å². The Morgan fingerprint density at radius 1 is 1.38 bits per heavy atom. The SMILES string of the molecule is CCNCC1CCN(C(=O)c2ncccc2OC(C)C)CC1.Cl.Cl. The summed E-state index contributed by atoms with van der Waals surface area (Å²) in [6, 6.07) is 3.62. The Bertz CT molecular complexity index is 492. The fourth-order valence-electron chi connectivity index (χ4n) is 2.74. The molecule has 1 amide bonds. The van der Waals surface area contributed by atoms with Crippen LogP contribution in [0.25, 0.3) is 0 Å². The number of likely N-dealkylation sites (tertiary alicyclic amines) is 1. The van der Waals surface area contributed by atoms with Crippen molar-refractivity contribution in [3.8, 4) is 5.75 Å². The normalized spacial score (nSPS) is 14.8. The molecule has 1 aliphatic rings. The summed E-state index contributed by atoms with van der Waals surface area (Å²) < 4.78 is 5.71. The number of nitrogens with one attached hydrogen (secondary N) is 1. The predicted molar refractivity (Wildman–Crippen MR) is 102 cm³/mol. The second kappa shape index (κ2) is 11.5. The van der Waals surface area contributed by atoms with Crippen LogP contribution in [0.3, 0.4) is 0 Å². The van der Waals surface area contributed by atoms with E-state index in [1.54, 1.807) is 12.3 Å². The molecule has 5 nitrogen and oxygen atoms in total. The summed E-state index contributed by atoms with van der Waals surface area (Å²) in [7, 11) is 0. The molecule has 1 aromatic rings. The third kappa shape index (κ3) is 6.46. The lowest BCUT2D eigenvalue weighted by molar-refractivity contribution is 0.0677. The summed E-state index contributed by atoms with van der Waals surface area (Å²) in [5.74, 6) is 1.23. The van der Waals surface area contributed by atoms with Gasteiger partial charge in [0.1, 0.15) is 0 Å². The number of pyridine rings is 1. The number of halogens is 2. The van der Waals surface area contributed by atoms with Crippen LogP contribution in [-0.2, 0) is 0 Å². The van der Waals surface area contributed by atoms with Gasteiger partial charge in [-0.05, 0) is 57.8 Å². The number of aromatic nitrogens is 1. The third-order valence-corrected chi connectivity index (χ3v) is 3.92. The molecule has 1 fully saturated rings. The number of hydrogen-bond acceptors (Lipinski definition) is 4. The average Bonchev–Trinajstić information content (AvgIpc) is 2.53. The molecule has 1 saturated heterocycles. The molecule has 138 valence electrons. The third-order valence-electron chi connectivity index (χ3n) is 3.92. The molecular weight excluding hydrogens is 349 g/mol. The van der Waals surface area contributed by atoms with Crippen molar-refractivity contribution in [1.82, 2.24) is 15.2 Å². The zero-order valence-electron chi connectivity index (χ0n) is 14.7. The summed E-state index contributed by atoms with van der Waals surface area (Å²) >= 11 is 0. The van der Waals surface area contributed by atoms with Crippen molar-refractivity contribution in [2.24, 2.45) is 5.92 Å². The average molecular weight is 378 g/mol. The van der Waals surface area contributed by atoms with E-state index in [0.29, 0.717) is 17.4 Å². The summed E-state index contributed by atoms with van der Waals surface area (Å²) in [6.45, 7) is 9.67. The number of ether oxygens (including phenoxy) is 1. The lowest BCUT2D eigenvalue weighted by Gasteiger charge is -2.32. The Labute approximate surface area is 157 Å². The molecule has 0 spiro atoms. The van der Waals surface area contributed by atoms with E-state index in [9.17, 15) is 4.79 Å². The number of amides is 1. The Kier molecular flexibility index (Phi) is 11.0. The number of rotatable bonds is 6. The standard InChI is InChI=1S/C17H27N3O2.2ClH/c1-4-18-12-14-7-10-20(11-8-14)17(21)16-15(22-13(2)3)6-5-9-19-16;;/h5-6,9,13-14,18H,4,7-8,10-12H2,1-3H3;2*1H. The molecule has 2 rings (SSSR count). The molecule has 0 atom stereocenters. The Morgan fingerprint density at radius 3 is 2.62 bits per heavy atom. The van der Waals surface area contributed by atoms with Gasteiger partial charge in [-0.1, -0.05) is 6.92 Å². The first-order chi connectivity index (χ1) is 10.6. The molecule has 7 heteroatoms. The summed E-state index contributed by atoms with van der Waals surface area (Å²) in [4.78, 5) is 18.8. The minimum absolute atomic E-state index is 0. The maximum atomic E-state index is 12.7. The van der Waals surface area contributed by atoms with Gasteiger partial charge in [0.2, 0.25) is 0 Å². The zero-order chi connectivity index (χ0) is 15.9. The highest BCUT2D eigenvalue weighted by atomic mass is 35.5. The van der Waals surface area contributed by atoms with Gasteiger partial charge >= 0.3 is 0 Å². The molecular formula is C17H29Cl2N3O2. The van der Waals surface area contributed by atoms with Crippen LogP contribution in [-0.4, -0.2) is 48.1 Å². The van der Waals surface area contributed by atoms with Crippen molar-refractivity contribution < 1.29 is 9.53 Å². The fourth-order valence-corrected chi connectivity index (χ4v) is 2.74. The van der Waals surface area contributed by atoms with Gasteiger partial charge in [-0.15, -0.1) is 24.8 Å². The molecule has 1 aliphatic heterocycles. The number of carbonyl (C=O) groups is 1. The first kappa shape index (κ1) is 23.0. The van der Waals surface area contributed by atoms with E-state index in [-0.39, 0.29) is 36.8 Å². The van der Waals surface area contributed by atoms with E-state index in [1.807, 2.05) is 24.8 Å². The molecule has 0 unspecified atom stereocenters. The minimum Gasteiger partial charge on any atom is -0.489 e. The van der Waals surface area contributed by atoms with E-state index in [1.165, 1.54) is 0 Å². The van der Waals surface area contributed by atoms with Crippen LogP contribution in [0, 0.1) is 5.92 Å². The van der Waals surface area contributed by atoms with Gasteiger partial charge in [0, 0.05) is 19.3 Å². The largest absolute Gasteiger partial charge is 0.489 e. The van der Waals surface area contributed by atoms with Gasteiger partial charge in [0.15, 0.2) is 11.4 Å². The quantitative estimate of drug-likeness (QED) is 0.826. The smallest absolute Gasteiger partial charge is 0.276 e. The summed E-state index contributed by atoms with van der Waals surface area (Å²) in [6.07, 6.45) is 3.78. The summed E-state index contributed by atoms with van der Waals surface area (Å²) in [5, 5.41) is 3.39. The van der Waals surface area contributed by atoms with Crippen LogP contribution in [0.2, 0.25) is 0 Å². The monoisotopic (exact) mass is 377 g/mol. The summed E-state index contributed by atoms with van der Waals surface area (Å²) in [5.41, 5.74) is 0.432. The van der Waals surface area contributed by atoms with Crippen molar-refractivity contribution in [3.05, 3.63) is 24.0 Å². The fraction of sp³-hybridized carbons (Fsp3) is 0.647. The predicted octanol–water partition coefficient (Wildman–Crippen LogP) is 3.17.